The van der Waals surface area contributed by atoms with Gasteiger partial charge in [-0.3, -0.25) is 4.79 Å². The summed E-state index contributed by atoms with van der Waals surface area (Å²) in [7, 11) is 0. The minimum Gasteiger partial charge on any atom is -0.463 e. The number of ether oxygens (including phenoxy) is 1. The van der Waals surface area contributed by atoms with E-state index < -0.39 is 11.5 Å². The maximum atomic E-state index is 10.8. The van der Waals surface area contributed by atoms with E-state index in [4.69, 9.17) is 11.5 Å². The fourth-order valence-electron chi connectivity index (χ4n) is 0.338. The van der Waals surface area contributed by atoms with Gasteiger partial charge in [-0.1, -0.05) is 0 Å². The van der Waals surface area contributed by atoms with Crippen LogP contribution in [0.15, 0.2) is 0 Å². The van der Waals surface area contributed by atoms with Crippen molar-refractivity contribution in [1.82, 2.24) is 0 Å². The molecule has 0 aliphatic rings. The first-order valence-electron chi connectivity index (χ1n) is 3.14. The van der Waals surface area contributed by atoms with Gasteiger partial charge in [0.25, 0.3) is 0 Å². The molecule has 4 nitrogen and oxygen atoms in total. The van der Waals surface area contributed by atoms with Crippen LogP contribution in [0.1, 0.15) is 13.8 Å². The molecule has 0 spiro atoms. The molecule has 4 heteroatoms. The molecule has 0 saturated carbocycles. The molecule has 0 aromatic rings. The molecule has 0 heterocycles. The molecule has 0 saturated heterocycles. The Morgan fingerprint density at radius 2 is 2.10 bits per heavy atom. The third-order valence-electron chi connectivity index (χ3n) is 0.877. The molecular weight excluding hydrogens is 132 g/mol. The molecule has 10 heavy (non-hydrogen) atoms. The topological polar surface area (TPSA) is 78.3 Å². The molecule has 4 N–H and O–H groups in total. The fourth-order valence-corrected chi connectivity index (χ4v) is 0.338. The van der Waals surface area contributed by atoms with E-state index in [0.717, 1.165) is 0 Å². The van der Waals surface area contributed by atoms with Crippen molar-refractivity contribution < 1.29 is 9.53 Å². The van der Waals surface area contributed by atoms with E-state index >= 15 is 0 Å². The molecule has 0 amide bonds. The second kappa shape index (κ2) is 3.53. The lowest BCUT2D eigenvalue weighted by Gasteiger charge is -2.15. The van der Waals surface area contributed by atoms with Gasteiger partial charge in [-0.2, -0.15) is 0 Å². The van der Waals surface area contributed by atoms with Crippen molar-refractivity contribution >= 4 is 5.97 Å². The summed E-state index contributed by atoms with van der Waals surface area (Å²) in [5.41, 5.74) is 9.60. The van der Waals surface area contributed by atoms with Gasteiger partial charge < -0.3 is 16.2 Å². The van der Waals surface area contributed by atoms with Crippen LogP contribution < -0.4 is 11.5 Å². The van der Waals surface area contributed by atoms with Gasteiger partial charge in [-0.15, -0.1) is 0 Å². The summed E-state index contributed by atoms with van der Waals surface area (Å²) in [6.07, 6.45) is 0. The third kappa shape index (κ3) is 3.42. The molecule has 0 radical (unpaired) electrons. The molecule has 0 aliphatic heterocycles. The van der Waals surface area contributed by atoms with Crippen molar-refractivity contribution in [3.05, 3.63) is 0 Å². The van der Waals surface area contributed by atoms with Crippen molar-refractivity contribution in [3.63, 3.8) is 0 Å². The summed E-state index contributed by atoms with van der Waals surface area (Å²) in [6, 6.07) is 0. The van der Waals surface area contributed by atoms with Gasteiger partial charge in [-0.05, 0) is 13.8 Å². The standard InChI is InChI=1S/C6H14N2O2/c1-6(2,8)5(9)10-4-3-7/h3-4,7-8H2,1-2H3. The number of carbonyl (C=O) groups is 1. The summed E-state index contributed by atoms with van der Waals surface area (Å²) in [6.45, 7) is 3.75. The predicted molar refractivity (Wildman–Crippen MR) is 38.3 cm³/mol. The van der Waals surface area contributed by atoms with Crippen molar-refractivity contribution in [2.45, 2.75) is 19.4 Å². The van der Waals surface area contributed by atoms with Gasteiger partial charge in [0.1, 0.15) is 12.1 Å². The smallest absolute Gasteiger partial charge is 0.325 e. The molecule has 0 atom stereocenters. The van der Waals surface area contributed by atoms with E-state index in [2.05, 4.69) is 4.74 Å². The number of esters is 1. The Labute approximate surface area is 60.5 Å². The van der Waals surface area contributed by atoms with Gasteiger partial charge in [0.05, 0.1) is 0 Å². The first-order chi connectivity index (χ1) is 4.48. The normalized spacial score (nSPS) is 11.2. The Morgan fingerprint density at radius 3 is 2.40 bits per heavy atom. The van der Waals surface area contributed by atoms with E-state index in [1.54, 1.807) is 13.8 Å². The zero-order chi connectivity index (χ0) is 8.20. The zero-order valence-electron chi connectivity index (χ0n) is 6.39. The second-order valence-corrected chi connectivity index (χ2v) is 2.65. The van der Waals surface area contributed by atoms with Crippen LogP contribution >= 0.6 is 0 Å². The number of nitrogens with two attached hydrogens (primary N) is 2. The quantitative estimate of drug-likeness (QED) is 0.512. The predicted octanol–water partition coefficient (Wildman–Crippen LogP) is -0.774. The van der Waals surface area contributed by atoms with Gasteiger partial charge in [-0.25, -0.2) is 0 Å². The van der Waals surface area contributed by atoms with E-state index in [1.165, 1.54) is 0 Å². The highest BCUT2D eigenvalue weighted by atomic mass is 16.5. The fraction of sp³-hybridized carbons (Fsp3) is 0.833. The summed E-state index contributed by atoms with van der Waals surface area (Å²) >= 11 is 0. The number of carbonyl (C=O) groups excluding carboxylic acids is 1. The van der Waals surface area contributed by atoms with E-state index in [9.17, 15) is 4.79 Å². The van der Waals surface area contributed by atoms with E-state index in [0.29, 0.717) is 6.54 Å². The Balaban J connectivity index is 3.64. The molecule has 0 aliphatic carbocycles. The molecule has 60 valence electrons. The van der Waals surface area contributed by atoms with Crippen LogP contribution in [0.3, 0.4) is 0 Å². The summed E-state index contributed by atoms with van der Waals surface area (Å²) in [4.78, 5) is 10.8. The van der Waals surface area contributed by atoms with E-state index in [-0.39, 0.29) is 6.61 Å². The Morgan fingerprint density at radius 1 is 1.60 bits per heavy atom. The van der Waals surface area contributed by atoms with Crippen LogP contribution in [-0.2, 0) is 9.53 Å². The average molecular weight is 146 g/mol. The van der Waals surface area contributed by atoms with Crippen LogP contribution in [0.25, 0.3) is 0 Å². The van der Waals surface area contributed by atoms with Crippen LogP contribution in [0, 0.1) is 0 Å². The van der Waals surface area contributed by atoms with E-state index in [1.807, 2.05) is 0 Å². The minimum atomic E-state index is -0.908. The maximum Gasteiger partial charge on any atom is 0.325 e. The number of hydrogen-bond acceptors (Lipinski definition) is 4. The third-order valence-corrected chi connectivity index (χ3v) is 0.877. The largest absolute Gasteiger partial charge is 0.463 e. The SMILES string of the molecule is CC(C)(N)C(=O)OCCN. The molecule has 0 bridgehead atoms. The monoisotopic (exact) mass is 146 g/mol. The molecule has 0 aromatic heterocycles. The van der Waals surface area contributed by atoms with Crippen molar-refractivity contribution in [2.75, 3.05) is 13.2 Å². The maximum absolute atomic E-state index is 10.8. The molecule has 0 aromatic carbocycles. The van der Waals surface area contributed by atoms with Gasteiger partial charge >= 0.3 is 5.97 Å². The number of hydrogen-bond donors (Lipinski definition) is 2. The molecule has 0 fully saturated rings. The molecule has 0 rings (SSSR count). The van der Waals surface area contributed by atoms with Gasteiger partial charge in [0, 0.05) is 6.54 Å². The van der Waals surface area contributed by atoms with Crippen molar-refractivity contribution in [3.8, 4) is 0 Å². The van der Waals surface area contributed by atoms with Gasteiger partial charge in [0.2, 0.25) is 0 Å². The minimum absolute atomic E-state index is 0.236. The highest BCUT2D eigenvalue weighted by Crippen LogP contribution is 1.98. The number of rotatable bonds is 3. The highest BCUT2D eigenvalue weighted by molar-refractivity contribution is 5.79. The average Bonchev–Trinajstić information content (AvgIpc) is 1.80. The first kappa shape index (κ1) is 9.39. The van der Waals surface area contributed by atoms with Crippen molar-refractivity contribution in [1.29, 1.82) is 0 Å². The first-order valence-corrected chi connectivity index (χ1v) is 3.14. The lowest BCUT2D eigenvalue weighted by atomic mass is 10.1. The summed E-state index contributed by atoms with van der Waals surface area (Å²) in [5, 5.41) is 0. The lowest BCUT2D eigenvalue weighted by Crippen LogP contribution is -2.43. The van der Waals surface area contributed by atoms with Gasteiger partial charge in [0.15, 0.2) is 0 Å². The second-order valence-electron chi connectivity index (χ2n) is 2.65. The highest BCUT2D eigenvalue weighted by Gasteiger charge is 2.22. The molecular formula is C6H14N2O2. The zero-order valence-corrected chi connectivity index (χ0v) is 6.39. The summed E-state index contributed by atoms with van der Waals surface area (Å²) in [5.74, 6) is -0.419. The summed E-state index contributed by atoms with van der Waals surface area (Å²) < 4.78 is 4.67. The van der Waals surface area contributed by atoms with Crippen LogP contribution in [0.2, 0.25) is 0 Å². The molecule has 0 unspecified atom stereocenters. The van der Waals surface area contributed by atoms with Crippen LogP contribution in [0.5, 0.6) is 0 Å². The lowest BCUT2D eigenvalue weighted by molar-refractivity contribution is -0.148. The van der Waals surface area contributed by atoms with Crippen LogP contribution in [-0.4, -0.2) is 24.7 Å². The van der Waals surface area contributed by atoms with Crippen LogP contribution in [0.4, 0.5) is 0 Å². The Hall–Kier alpha value is -0.610. The Kier molecular flexibility index (Phi) is 3.32. The van der Waals surface area contributed by atoms with Crippen molar-refractivity contribution in [2.24, 2.45) is 11.5 Å². The Bertz CT molecular complexity index is 117.